The number of methoxy groups -OCH3 is 2. The highest BCUT2D eigenvalue weighted by molar-refractivity contribution is 7.89. The standard InChI is InChI=1S/C23H21F4NO4S.C7H5F4NO2S/c1-14-19(24)20(25)21(26)22(27)23(14)33(29,30)28(12-15-4-8-17(31-2)9-5-15)13-16-6-10-18(32-3)11-7-16;1-2-3(8)4(9)5(10)6(11)7(2)15(12,13)14/h4-11H,12-13H2,1-3H3;1H3,(H2,12,13,14). The van der Waals surface area contributed by atoms with Gasteiger partial charge in [0.25, 0.3) is 0 Å². The van der Waals surface area contributed by atoms with Gasteiger partial charge in [0.05, 0.1) is 14.2 Å². The van der Waals surface area contributed by atoms with E-state index in [2.05, 4.69) is 5.14 Å². The maximum atomic E-state index is 14.6. The summed E-state index contributed by atoms with van der Waals surface area (Å²) >= 11 is 0. The van der Waals surface area contributed by atoms with Gasteiger partial charge in [-0.05, 0) is 49.2 Å². The summed E-state index contributed by atoms with van der Waals surface area (Å²) in [6.07, 6.45) is 0. The van der Waals surface area contributed by atoms with Crippen LogP contribution in [0.15, 0.2) is 58.3 Å². The molecule has 2 N–H and O–H groups in total. The maximum Gasteiger partial charge on any atom is 0.247 e. The minimum Gasteiger partial charge on any atom is -0.497 e. The van der Waals surface area contributed by atoms with Crippen molar-refractivity contribution in [1.29, 1.82) is 0 Å². The van der Waals surface area contributed by atoms with Gasteiger partial charge >= 0.3 is 0 Å². The lowest BCUT2D eigenvalue weighted by molar-refractivity contribution is 0.374. The minimum atomic E-state index is -4.80. The number of primary sulfonamides is 1. The summed E-state index contributed by atoms with van der Waals surface area (Å²) in [6.45, 7) is 1.16. The number of ether oxygens (including phenoxy) is 2. The Bertz CT molecular complexity index is 1940. The van der Waals surface area contributed by atoms with Gasteiger partial charge < -0.3 is 9.47 Å². The van der Waals surface area contributed by atoms with Crippen molar-refractivity contribution in [3.05, 3.63) is 117 Å². The van der Waals surface area contributed by atoms with Crippen LogP contribution in [0.4, 0.5) is 35.1 Å². The van der Waals surface area contributed by atoms with E-state index in [9.17, 15) is 52.0 Å². The molecule has 48 heavy (non-hydrogen) atoms. The van der Waals surface area contributed by atoms with Crippen molar-refractivity contribution in [3.63, 3.8) is 0 Å². The monoisotopic (exact) mass is 726 g/mol. The molecule has 0 saturated heterocycles. The fraction of sp³-hybridized carbons (Fsp3) is 0.200. The average molecular weight is 727 g/mol. The Morgan fingerprint density at radius 3 is 1.19 bits per heavy atom. The van der Waals surface area contributed by atoms with Crippen molar-refractivity contribution in [2.45, 2.75) is 36.7 Å². The van der Waals surface area contributed by atoms with Crippen molar-refractivity contribution in [1.82, 2.24) is 4.31 Å². The van der Waals surface area contributed by atoms with Crippen LogP contribution in [0.1, 0.15) is 22.3 Å². The Balaban J connectivity index is 0.000000348. The molecule has 0 aliphatic heterocycles. The van der Waals surface area contributed by atoms with Crippen LogP contribution in [-0.2, 0) is 33.1 Å². The Morgan fingerprint density at radius 1 is 0.542 bits per heavy atom. The predicted octanol–water partition coefficient (Wildman–Crippen LogP) is 6.16. The van der Waals surface area contributed by atoms with Crippen molar-refractivity contribution >= 4 is 20.0 Å². The molecule has 0 atom stereocenters. The van der Waals surface area contributed by atoms with Gasteiger partial charge in [-0.1, -0.05) is 24.3 Å². The van der Waals surface area contributed by atoms with Crippen LogP contribution in [0.5, 0.6) is 11.5 Å². The van der Waals surface area contributed by atoms with E-state index in [0.717, 1.165) is 18.2 Å². The summed E-state index contributed by atoms with van der Waals surface area (Å²) in [4.78, 5) is -2.63. The molecular weight excluding hydrogens is 700 g/mol. The smallest absolute Gasteiger partial charge is 0.247 e. The Morgan fingerprint density at radius 2 is 0.854 bits per heavy atom. The zero-order valence-corrected chi connectivity index (χ0v) is 27.0. The number of rotatable bonds is 9. The summed E-state index contributed by atoms with van der Waals surface area (Å²) in [5, 5.41) is 4.52. The molecule has 0 fully saturated rings. The second-order valence-electron chi connectivity index (χ2n) is 9.93. The molecule has 4 rings (SSSR count). The lowest BCUT2D eigenvalue weighted by atomic mass is 10.2. The second-order valence-corrected chi connectivity index (χ2v) is 13.3. The van der Waals surface area contributed by atoms with E-state index >= 15 is 0 Å². The number of hydrogen-bond acceptors (Lipinski definition) is 6. The molecule has 0 heterocycles. The normalized spacial score (nSPS) is 11.7. The Hall–Kier alpha value is -4.26. The molecule has 0 bridgehead atoms. The number of sulfonamides is 2. The molecular formula is C30H26F8N2O6S2. The van der Waals surface area contributed by atoms with Crippen molar-refractivity contribution in [2.75, 3.05) is 14.2 Å². The molecule has 4 aromatic carbocycles. The van der Waals surface area contributed by atoms with Gasteiger partial charge in [-0.2, -0.15) is 4.31 Å². The van der Waals surface area contributed by atoms with Crippen LogP contribution in [0.3, 0.4) is 0 Å². The number of benzene rings is 4. The molecule has 0 unspecified atom stereocenters. The largest absolute Gasteiger partial charge is 0.497 e. The van der Waals surface area contributed by atoms with Gasteiger partial charge in [0, 0.05) is 24.2 Å². The molecule has 260 valence electrons. The van der Waals surface area contributed by atoms with Crippen LogP contribution in [0.25, 0.3) is 0 Å². The summed E-state index contributed by atoms with van der Waals surface area (Å²) in [6, 6.07) is 12.8. The molecule has 0 radical (unpaired) electrons. The van der Waals surface area contributed by atoms with Crippen LogP contribution in [0.2, 0.25) is 0 Å². The lowest BCUT2D eigenvalue weighted by Crippen LogP contribution is -2.32. The summed E-state index contributed by atoms with van der Waals surface area (Å²) in [5.41, 5.74) is -0.724. The predicted molar refractivity (Wildman–Crippen MR) is 156 cm³/mol. The molecule has 0 aliphatic rings. The molecule has 4 aromatic rings. The minimum absolute atomic E-state index is 0.252. The quantitative estimate of drug-likeness (QED) is 0.126. The van der Waals surface area contributed by atoms with Crippen LogP contribution >= 0.6 is 0 Å². The molecule has 0 saturated carbocycles. The Labute approximate surface area is 270 Å². The highest BCUT2D eigenvalue weighted by Crippen LogP contribution is 2.32. The molecule has 18 heteroatoms. The van der Waals surface area contributed by atoms with Crippen molar-refractivity contribution in [2.24, 2.45) is 5.14 Å². The third-order valence-corrected chi connectivity index (χ3v) is 9.81. The highest BCUT2D eigenvalue weighted by Gasteiger charge is 2.35. The summed E-state index contributed by atoms with van der Waals surface area (Å²) in [7, 11) is -6.51. The van der Waals surface area contributed by atoms with Gasteiger partial charge in [-0.3, -0.25) is 0 Å². The first kappa shape index (κ1) is 38.2. The van der Waals surface area contributed by atoms with Gasteiger partial charge in [-0.25, -0.2) is 57.1 Å². The third-order valence-electron chi connectivity index (χ3n) is 6.81. The molecule has 0 aliphatic carbocycles. The second kappa shape index (κ2) is 14.9. The average Bonchev–Trinajstić information content (AvgIpc) is 3.04. The fourth-order valence-corrected chi connectivity index (χ4v) is 6.86. The van der Waals surface area contributed by atoms with E-state index < -0.39 is 87.5 Å². The topological polar surface area (TPSA) is 116 Å². The van der Waals surface area contributed by atoms with Crippen molar-refractivity contribution < 1.29 is 61.4 Å². The first-order chi connectivity index (χ1) is 22.3. The van der Waals surface area contributed by atoms with Gasteiger partial charge in [0.15, 0.2) is 46.5 Å². The van der Waals surface area contributed by atoms with Crippen LogP contribution in [-0.4, -0.2) is 35.4 Å². The van der Waals surface area contributed by atoms with E-state index in [0.29, 0.717) is 22.6 Å². The summed E-state index contributed by atoms with van der Waals surface area (Å²) in [5.74, 6) is -15.0. The Kier molecular flexibility index (Phi) is 11.8. The van der Waals surface area contributed by atoms with Crippen LogP contribution < -0.4 is 14.6 Å². The first-order valence-corrected chi connectivity index (χ1v) is 16.2. The maximum absolute atomic E-state index is 14.6. The number of nitrogens with two attached hydrogens (primary N) is 1. The number of hydrogen-bond donors (Lipinski definition) is 1. The van der Waals surface area contributed by atoms with E-state index in [1.165, 1.54) is 14.2 Å². The van der Waals surface area contributed by atoms with E-state index in [-0.39, 0.29) is 13.1 Å². The zero-order valence-electron chi connectivity index (χ0n) is 25.3. The first-order valence-electron chi connectivity index (χ1n) is 13.2. The van der Waals surface area contributed by atoms with Crippen LogP contribution in [0, 0.1) is 60.4 Å². The highest BCUT2D eigenvalue weighted by atomic mass is 32.2. The third kappa shape index (κ3) is 7.88. The molecule has 0 aromatic heterocycles. The number of nitrogens with zero attached hydrogens (tertiary/aromatic N) is 1. The lowest BCUT2D eigenvalue weighted by Gasteiger charge is -2.24. The van der Waals surface area contributed by atoms with E-state index in [1.807, 2.05) is 0 Å². The molecule has 0 amide bonds. The van der Waals surface area contributed by atoms with E-state index in [4.69, 9.17) is 9.47 Å². The number of halogens is 8. The SMILES string of the molecule is COc1ccc(CN(Cc2ccc(OC)cc2)S(=O)(=O)c2c(C)c(F)c(F)c(F)c2F)cc1.Cc1c(F)c(F)c(F)c(F)c1S(N)(=O)=O. The fourth-order valence-electron chi connectivity index (χ4n) is 4.31. The molecule has 8 nitrogen and oxygen atoms in total. The van der Waals surface area contributed by atoms with Crippen molar-refractivity contribution in [3.8, 4) is 11.5 Å². The van der Waals surface area contributed by atoms with Gasteiger partial charge in [0.2, 0.25) is 20.0 Å². The zero-order chi connectivity index (χ0) is 36.3. The van der Waals surface area contributed by atoms with Gasteiger partial charge in [0.1, 0.15) is 21.3 Å². The molecule has 0 spiro atoms. The van der Waals surface area contributed by atoms with Gasteiger partial charge in [-0.15, -0.1) is 0 Å². The summed E-state index contributed by atoms with van der Waals surface area (Å²) < 4.78 is 167. The van der Waals surface area contributed by atoms with E-state index in [1.54, 1.807) is 48.5 Å².